The van der Waals surface area contributed by atoms with Gasteiger partial charge in [-0.3, -0.25) is 4.79 Å². The van der Waals surface area contributed by atoms with E-state index < -0.39 is 0 Å². The third-order valence-corrected chi connectivity index (χ3v) is 5.80. The van der Waals surface area contributed by atoms with Crippen LogP contribution in [0.4, 0.5) is 5.69 Å². The topological polar surface area (TPSA) is 45.2 Å². The molecule has 1 aromatic carbocycles. The zero-order chi connectivity index (χ0) is 18.2. The number of nitrogens with zero attached hydrogens (tertiary/aromatic N) is 2. The monoisotopic (exact) mass is 369 g/mol. The van der Waals surface area contributed by atoms with Crippen LogP contribution in [-0.2, 0) is 4.79 Å². The molecule has 2 heterocycles. The highest BCUT2D eigenvalue weighted by Crippen LogP contribution is 2.26. The molecule has 5 heteroatoms. The first kappa shape index (κ1) is 18.9. The summed E-state index contributed by atoms with van der Waals surface area (Å²) in [6.07, 6.45) is 5.78. The summed E-state index contributed by atoms with van der Waals surface area (Å²) in [6, 6.07) is 13.7. The normalized spacial score (nSPS) is 16.2. The number of pyridine rings is 1. The van der Waals surface area contributed by atoms with Crippen molar-refractivity contribution < 1.29 is 4.79 Å². The van der Waals surface area contributed by atoms with Crippen molar-refractivity contribution in [2.24, 2.45) is 0 Å². The lowest BCUT2D eigenvalue weighted by atomic mass is 10.0. The molecule has 1 N–H and O–H groups in total. The van der Waals surface area contributed by atoms with E-state index in [0.29, 0.717) is 0 Å². The molecular formula is C21H27N3OS. The molecule has 0 saturated carbocycles. The number of carbonyl (C=O) groups is 1. The van der Waals surface area contributed by atoms with Crippen LogP contribution in [0.5, 0.6) is 0 Å². The number of aromatic nitrogens is 1. The SMILES string of the molecule is CC(C(=O)Nc1cccnc1SCCN1CCCCC1)c1ccccc1. The summed E-state index contributed by atoms with van der Waals surface area (Å²) >= 11 is 1.72. The van der Waals surface area contributed by atoms with Gasteiger partial charge in [0.15, 0.2) is 0 Å². The van der Waals surface area contributed by atoms with E-state index in [9.17, 15) is 4.79 Å². The van der Waals surface area contributed by atoms with Gasteiger partial charge in [0.05, 0.1) is 11.6 Å². The molecule has 26 heavy (non-hydrogen) atoms. The Morgan fingerprint density at radius 2 is 1.92 bits per heavy atom. The van der Waals surface area contributed by atoms with Crippen molar-refractivity contribution in [2.45, 2.75) is 37.1 Å². The van der Waals surface area contributed by atoms with E-state index in [2.05, 4.69) is 15.2 Å². The predicted molar refractivity (Wildman–Crippen MR) is 109 cm³/mol. The van der Waals surface area contributed by atoms with E-state index >= 15 is 0 Å². The van der Waals surface area contributed by atoms with E-state index in [1.54, 1.807) is 18.0 Å². The Morgan fingerprint density at radius 3 is 2.69 bits per heavy atom. The molecule has 1 unspecified atom stereocenters. The second-order valence-electron chi connectivity index (χ2n) is 6.73. The molecule has 1 amide bonds. The minimum atomic E-state index is -0.192. The molecule has 1 atom stereocenters. The van der Waals surface area contributed by atoms with E-state index in [4.69, 9.17) is 0 Å². The maximum absolute atomic E-state index is 12.6. The fourth-order valence-corrected chi connectivity index (χ4v) is 4.14. The highest BCUT2D eigenvalue weighted by molar-refractivity contribution is 7.99. The number of amides is 1. The highest BCUT2D eigenvalue weighted by Gasteiger charge is 2.17. The van der Waals surface area contributed by atoms with Crippen molar-refractivity contribution in [2.75, 3.05) is 30.7 Å². The van der Waals surface area contributed by atoms with Gasteiger partial charge in [-0.15, -0.1) is 11.8 Å². The molecular weight excluding hydrogens is 342 g/mol. The van der Waals surface area contributed by atoms with Gasteiger partial charge in [-0.1, -0.05) is 36.8 Å². The minimum absolute atomic E-state index is 0.00193. The lowest BCUT2D eigenvalue weighted by molar-refractivity contribution is -0.117. The quantitative estimate of drug-likeness (QED) is 0.735. The van der Waals surface area contributed by atoms with Gasteiger partial charge in [-0.2, -0.15) is 0 Å². The zero-order valence-corrected chi connectivity index (χ0v) is 16.2. The van der Waals surface area contributed by atoms with Crippen molar-refractivity contribution >= 4 is 23.4 Å². The van der Waals surface area contributed by atoms with Crippen molar-refractivity contribution in [3.8, 4) is 0 Å². The number of carbonyl (C=O) groups excluding carboxylic acids is 1. The molecule has 0 aliphatic carbocycles. The number of rotatable bonds is 7. The smallest absolute Gasteiger partial charge is 0.231 e. The van der Waals surface area contributed by atoms with Crippen LogP contribution < -0.4 is 5.32 Å². The Bertz CT molecular complexity index is 701. The average Bonchev–Trinajstić information content (AvgIpc) is 2.70. The minimum Gasteiger partial charge on any atom is -0.323 e. The average molecular weight is 370 g/mol. The lowest BCUT2D eigenvalue weighted by Gasteiger charge is -2.26. The van der Waals surface area contributed by atoms with Crippen molar-refractivity contribution in [1.29, 1.82) is 0 Å². The van der Waals surface area contributed by atoms with Gasteiger partial charge in [0, 0.05) is 18.5 Å². The van der Waals surface area contributed by atoms with Crippen molar-refractivity contribution in [3.63, 3.8) is 0 Å². The van der Waals surface area contributed by atoms with Crippen molar-refractivity contribution in [3.05, 3.63) is 54.2 Å². The van der Waals surface area contributed by atoms with Gasteiger partial charge in [0.1, 0.15) is 5.03 Å². The molecule has 0 radical (unpaired) electrons. The van der Waals surface area contributed by atoms with Gasteiger partial charge in [0.25, 0.3) is 0 Å². The predicted octanol–water partition coefficient (Wildman–Crippen LogP) is 4.40. The first-order valence-corrected chi connectivity index (χ1v) is 10.4. The second kappa shape index (κ2) is 9.74. The number of hydrogen-bond acceptors (Lipinski definition) is 4. The third kappa shape index (κ3) is 5.32. The molecule has 0 bridgehead atoms. The van der Waals surface area contributed by atoms with E-state index in [0.717, 1.165) is 28.6 Å². The summed E-state index contributed by atoms with van der Waals surface area (Å²) in [5, 5.41) is 3.96. The molecule has 1 aliphatic rings. The molecule has 2 aromatic rings. The molecule has 0 spiro atoms. The molecule has 138 valence electrons. The largest absolute Gasteiger partial charge is 0.323 e. The Morgan fingerprint density at radius 1 is 1.15 bits per heavy atom. The molecule has 4 nitrogen and oxygen atoms in total. The number of benzene rings is 1. The van der Waals surface area contributed by atoms with Gasteiger partial charge >= 0.3 is 0 Å². The molecule has 1 saturated heterocycles. The maximum Gasteiger partial charge on any atom is 0.231 e. The zero-order valence-electron chi connectivity index (χ0n) is 15.4. The van der Waals surface area contributed by atoms with Crippen LogP contribution in [-0.4, -0.2) is 41.2 Å². The Kier molecular flexibility index (Phi) is 7.09. The van der Waals surface area contributed by atoms with Crippen LogP contribution in [0.1, 0.15) is 37.7 Å². The van der Waals surface area contributed by atoms with E-state index in [-0.39, 0.29) is 11.8 Å². The first-order valence-electron chi connectivity index (χ1n) is 9.40. The standard InChI is InChI=1S/C21H27N3OS/c1-17(18-9-4-2-5-10-18)20(25)23-19-11-8-12-22-21(19)26-16-15-24-13-6-3-7-14-24/h2,4-5,8-12,17H,3,6-7,13-16H2,1H3,(H,23,25). The lowest BCUT2D eigenvalue weighted by Crippen LogP contribution is -2.31. The van der Waals surface area contributed by atoms with E-state index in [1.165, 1.54) is 32.4 Å². The van der Waals surface area contributed by atoms with Crippen LogP contribution in [0.15, 0.2) is 53.7 Å². The molecule has 1 aromatic heterocycles. The number of thioether (sulfide) groups is 1. The summed E-state index contributed by atoms with van der Waals surface area (Å²) in [5.41, 5.74) is 1.83. The second-order valence-corrected chi connectivity index (χ2v) is 7.81. The third-order valence-electron chi connectivity index (χ3n) is 4.82. The summed E-state index contributed by atoms with van der Waals surface area (Å²) in [4.78, 5) is 19.6. The van der Waals surface area contributed by atoms with Gasteiger partial charge in [0.2, 0.25) is 5.91 Å². The Balaban J connectivity index is 1.57. The number of nitrogens with one attached hydrogen (secondary N) is 1. The van der Waals surface area contributed by atoms with Gasteiger partial charge in [-0.25, -0.2) is 4.98 Å². The fraction of sp³-hybridized carbons (Fsp3) is 0.429. The fourth-order valence-electron chi connectivity index (χ4n) is 3.19. The summed E-state index contributed by atoms with van der Waals surface area (Å²) in [6.45, 7) is 5.43. The number of likely N-dealkylation sites (tertiary alicyclic amines) is 1. The van der Waals surface area contributed by atoms with Crippen molar-refractivity contribution in [1.82, 2.24) is 9.88 Å². The number of hydrogen-bond donors (Lipinski definition) is 1. The van der Waals surface area contributed by atoms with Gasteiger partial charge < -0.3 is 10.2 Å². The summed E-state index contributed by atoms with van der Waals surface area (Å²) in [5.74, 6) is 0.804. The Hall–Kier alpha value is -1.85. The van der Waals surface area contributed by atoms with Crippen LogP contribution in [0.25, 0.3) is 0 Å². The molecule has 3 rings (SSSR count). The number of piperidine rings is 1. The summed E-state index contributed by atoms with van der Waals surface area (Å²) < 4.78 is 0. The molecule has 1 aliphatic heterocycles. The number of anilines is 1. The van der Waals surface area contributed by atoms with Crippen LogP contribution in [0.2, 0.25) is 0 Å². The highest BCUT2D eigenvalue weighted by atomic mass is 32.2. The maximum atomic E-state index is 12.6. The first-order chi connectivity index (χ1) is 12.7. The summed E-state index contributed by atoms with van der Waals surface area (Å²) in [7, 11) is 0. The van der Waals surface area contributed by atoms with Crippen LogP contribution in [0, 0.1) is 0 Å². The molecule has 1 fully saturated rings. The van der Waals surface area contributed by atoms with Crippen LogP contribution >= 0.6 is 11.8 Å². The Labute approximate surface area is 160 Å². The van der Waals surface area contributed by atoms with Gasteiger partial charge in [-0.05, 0) is 50.6 Å². The van der Waals surface area contributed by atoms with E-state index in [1.807, 2.05) is 49.4 Å². The van der Waals surface area contributed by atoms with Crippen LogP contribution in [0.3, 0.4) is 0 Å².